The zero-order valence-electron chi connectivity index (χ0n) is 10.5. The van der Waals surface area contributed by atoms with Gasteiger partial charge in [0.1, 0.15) is 30.4 Å². The van der Waals surface area contributed by atoms with Gasteiger partial charge in [0.2, 0.25) is 5.89 Å². The fourth-order valence-corrected chi connectivity index (χ4v) is 2.02. The van der Waals surface area contributed by atoms with Gasteiger partial charge in [0.25, 0.3) is 0 Å². The van der Waals surface area contributed by atoms with E-state index in [4.69, 9.17) is 15.6 Å². The Balaban J connectivity index is 1.96. The summed E-state index contributed by atoms with van der Waals surface area (Å²) < 4.78 is 9.36. The number of aryl methyl sites for hydroxylation is 1. The number of fused-ring (bicyclic) bond motifs is 1. The number of hydrogen-bond donors (Lipinski definition) is 2. The first-order valence-corrected chi connectivity index (χ1v) is 5.86. The molecule has 0 bridgehead atoms. The number of nitrogens with two attached hydrogens (primary N) is 1. The molecule has 0 amide bonds. The molecule has 0 spiro atoms. The van der Waals surface area contributed by atoms with Gasteiger partial charge in [-0.2, -0.15) is 0 Å². The van der Waals surface area contributed by atoms with Crippen molar-refractivity contribution in [1.29, 1.82) is 5.41 Å². The van der Waals surface area contributed by atoms with Crippen LogP contribution < -0.4 is 10.3 Å². The minimum Gasteiger partial charge on any atom is -0.446 e. The van der Waals surface area contributed by atoms with Crippen LogP contribution in [0.15, 0.2) is 41.4 Å². The van der Waals surface area contributed by atoms with Gasteiger partial charge in [-0.15, -0.1) is 0 Å². The van der Waals surface area contributed by atoms with Crippen molar-refractivity contribution < 1.29 is 8.98 Å². The molecular weight excluding hydrogens is 242 g/mol. The van der Waals surface area contributed by atoms with Gasteiger partial charge in [0.15, 0.2) is 12.4 Å². The summed E-state index contributed by atoms with van der Waals surface area (Å²) in [5.74, 6) is 0.452. The van der Waals surface area contributed by atoms with E-state index < -0.39 is 0 Å². The van der Waals surface area contributed by atoms with Gasteiger partial charge in [-0.25, -0.2) is 9.55 Å². The zero-order valence-corrected chi connectivity index (χ0v) is 10.5. The minimum atomic E-state index is -0.0845. The van der Waals surface area contributed by atoms with Crippen molar-refractivity contribution in [2.75, 3.05) is 0 Å². The minimum absolute atomic E-state index is 0.0845. The Hall–Kier alpha value is -2.63. The molecule has 0 aliphatic carbocycles. The lowest BCUT2D eigenvalue weighted by Gasteiger charge is -2.00. The van der Waals surface area contributed by atoms with Crippen LogP contribution in [0.3, 0.4) is 0 Å². The van der Waals surface area contributed by atoms with E-state index >= 15 is 0 Å². The van der Waals surface area contributed by atoms with Gasteiger partial charge in [-0.3, -0.25) is 5.41 Å². The first kappa shape index (κ1) is 11.5. The van der Waals surface area contributed by atoms with E-state index in [9.17, 15) is 0 Å². The number of aromatic nitrogens is 3. The van der Waals surface area contributed by atoms with E-state index in [1.165, 1.54) is 6.26 Å². The molecule has 3 rings (SSSR count). The molecular formula is C13H14N5O+. The van der Waals surface area contributed by atoms with Gasteiger partial charge in [0, 0.05) is 17.6 Å². The van der Waals surface area contributed by atoms with Crippen LogP contribution in [0.25, 0.3) is 10.9 Å². The molecule has 0 saturated heterocycles. The summed E-state index contributed by atoms with van der Waals surface area (Å²) in [6.45, 7) is 0.515. The van der Waals surface area contributed by atoms with Gasteiger partial charge < -0.3 is 14.7 Å². The average Bonchev–Trinajstić information content (AvgIpc) is 2.98. The number of amidine groups is 1. The number of hydrogen-bond acceptors (Lipinski definition) is 3. The van der Waals surface area contributed by atoms with E-state index in [-0.39, 0.29) is 5.84 Å². The zero-order chi connectivity index (χ0) is 13.4. The smallest absolute Gasteiger partial charge is 0.214 e. The maximum Gasteiger partial charge on any atom is 0.214 e. The monoisotopic (exact) mass is 256 g/mol. The van der Waals surface area contributed by atoms with Crippen LogP contribution in [0, 0.1) is 5.41 Å². The lowest BCUT2D eigenvalue weighted by molar-refractivity contribution is -0.670. The molecule has 0 saturated carbocycles. The first-order valence-electron chi connectivity index (χ1n) is 5.86. The van der Waals surface area contributed by atoms with Gasteiger partial charge in [-0.1, -0.05) is 0 Å². The Morgan fingerprint density at radius 1 is 1.53 bits per heavy atom. The van der Waals surface area contributed by atoms with Crippen molar-refractivity contribution in [2.24, 2.45) is 12.8 Å². The highest BCUT2D eigenvalue weighted by Gasteiger charge is 2.10. The molecule has 6 heteroatoms. The van der Waals surface area contributed by atoms with Crippen molar-refractivity contribution in [3.05, 3.63) is 48.6 Å². The Morgan fingerprint density at radius 3 is 3.11 bits per heavy atom. The lowest BCUT2D eigenvalue weighted by atomic mass is 10.3. The largest absolute Gasteiger partial charge is 0.446 e. The Kier molecular flexibility index (Phi) is 2.56. The molecule has 3 aromatic rings. The SMILES string of the molecule is C[n+]1ccc2ccn(Cc3nc(C(=N)N)co3)c2c1. The van der Waals surface area contributed by atoms with Crippen LogP contribution in [-0.4, -0.2) is 15.4 Å². The van der Waals surface area contributed by atoms with Gasteiger partial charge in [-0.05, 0) is 6.07 Å². The molecule has 0 aliphatic heterocycles. The molecule has 0 aliphatic rings. The summed E-state index contributed by atoms with van der Waals surface area (Å²) in [7, 11) is 1.98. The van der Waals surface area contributed by atoms with Crippen molar-refractivity contribution >= 4 is 16.7 Å². The quantitative estimate of drug-likeness (QED) is 0.412. The summed E-state index contributed by atoms with van der Waals surface area (Å²) in [5.41, 5.74) is 6.84. The van der Waals surface area contributed by atoms with Crippen molar-refractivity contribution in [2.45, 2.75) is 6.54 Å². The standard InChI is InChI=1S/C13H14N5O/c1-17-4-2-9-3-5-18(11(9)6-17)7-12-16-10(8-19-12)13(14)15/h2-6,8H,7H2,1H3,(H3,14,15)/q+1. The van der Waals surface area contributed by atoms with Crippen molar-refractivity contribution in [3.63, 3.8) is 0 Å². The molecule has 3 aromatic heterocycles. The summed E-state index contributed by atoms with van der Waals surface area (Å²) in [6.07, 6.45) is 7.45. The molecule has 19 heavy (non-hydrogen) atoms. The normalized spacial score (nSPS) is 11.0. The van der Waals surface area contributed by atoms with Crippen LogP contribution in [0.2, 0.25) is 0 Å². The second-order valence-corrected chi connectivity index (χ2v) is 4.43. The maximum absolute atomic E-state index is 7.30. The maximum atomic E-state index is 7.30. The Morgan fingerprint density at radius 2 is 2.37 bits per heavy atom. The second-order valence-electron chi connectivity index (χ2n) is 4.43. The highest BCUT2D eigenvalue weighted by atomic mass is 16.3. The van der Waals surface area contributed by atoms with Crippen LogP contribution in [0.5, 0.6) is 0 Å². The van der Waals surface area contributed by atoms with Crippen LogP contribution >= 0.6 is 0 Å². The third-order valence-corrected chi connectivity index (χ3v) is 2.99. The fourth-order valence-electron chi connectivity index (χ4n) is 2.02. The number of pyridine rings is 1. The molecule has 3 heterocycles. The number of rotatable bonds is 3. The molecule has 6 nitrogen and oxygen atoms in total. The Bertz CT molecular complexity index is 755. The van der Waals surface area contributed by atoms with Crippen LogP contribution in [-0.2, 0) is 13.6 Å². The average molecular weight is 256 g/mol. The van der Waals surface area contributed by atoms with Gasteiger partial charge in [0.05, 0.1) is 6.54 Å². The highest BCUT2D eigenvalue weighted by molar-refractivity contribution is 5.92. The molecule has 0 fully saturated rings. The summed E-state index contributed by atoms with van der Waals surface area (Å²) in [6, 6.07) is 4.10. The predicted octanol–water partition coefficient (Wildman–Crippen LogP) is 0.786. The van der Waals surface area contributed by atoms with Crippen LogP contribution in [0.4, 0.5) is 0 Å². The third kappa shape index (κ3) is 2.08. The van der Waals surface area contributed by atoms with Crippen molar-refractivity contribution in [1.82, 2.24) is 9.55 Å². The predicted molar refractivity (Wildman–Crippen MR) is 69.7 cm³/mol. The lowest BCUT2D eigenvalue weighted by Crippen LogP contribution is -2.26. The Labute approximate surface area is 109 Å². The van der Waals surface area contributed by atoms with E-state index in [1.54, 1.807) is 0 Å². The third-order valence-electron chi connectivity index (χ3n) is 2.99. The molecule has 3 N–H and O–H groups in total. The number of nitrogens with zero attached hydrogens (tertiary/aromatic N) is 3. The summed E-state index contributed by atoms with van der Waals surface area (Å²) >= 11 is 0. The van der Waals surface area contributed by atoms with E-state index in [0.29, 0.717) is 18.1 Å². The van der Waals surface area contributed by atoms with Crippen molar-refractivity contribution in [3.8, 4) is 0 Å². The van der Waals surface area contributed by atoms with E-state index in [0.717, 1.165) is 10.9 Å². The van der Waals surface area contributed by atoms with Gasteiger partial charge >= 0.3 is 0 Å². The molecule has 96 valence electrons. The molecule has 0 atom stereocenters. The van der Waals surface area contributed by atoms with E-state index in [1.807, 2.05) is 40.8 Å². The molecule has 0 radical (unpaired) electrons. The second kappa shape index (κ2) is 4.24. The number of oxazole rings is 1. The summed E-state index contributed by atoms with van der Waals surface area (Å²) in [4.78, 5) is 4.17. The topological polar surface area (TPSA) is 84.7 Å². The van der Waals surface area contributed by atoms with Crippen LogP contribution in [0.1, 0.15) is 11.6 Å². The molecule has 0 aromatic carbocycles. The fraction of sp³-hybridized carbons (Fsp3) is 0.154. The summed E-state index contributed by atoms with van der Waals surface area (Å²) in [5, 5.41) is 8.47. The number of nitrogen functional groups attached to an aromatic ring is 1. The first-order chi connectivity index (χ1) is 9.13. The molecule has 0 unspecified atom stereocenters. The highest BCUT2D eigenvalue weighted by Crippen LogP contribution is 2.15. The number of nitrogens with one attached hydrogen (secondary N) is 1. The van der Waals surface area contributed by atoms with E-state index in [2.05, 4.69) is 11.1 Å².